The second kappa shape index (κ2) is 12.6. The molecule has 0 spiro atoms. The lowest BCUT2D eigenvalue weighted by molar-refractivity contribution is 0.0985. The number of anilines is 1. The number of ether oxygens (including phenoxy) is 3. The minimum absolute atomic E-state index is 0.0873. The number of carbonyl (C=O) groups excluding carboxylic acids is 1. The van der Waals surface area contributed by atoms with Gasteiger partial charge >= 0.3 is 0 Å². The highest BCUT2D eigenvalue weighted by atomic mass is 32.1. The summed E-state index contributed by atoms with van der Waals surface area (Å²) in [5.74, 6) is 1.89. The molecule has 0 N–H and O–H groups in total. The van der Waals surface area contributed by atoms with Crippen LogP contribution < -0.4 is 19.1 Å². The molecule has 184 valence electrons. The molecule has 0 aliphatic heterocycles. The van der Waals surface area contributed by atoms with Crippen LogP contribution in [0.1, 0.15) is 43.0 Å². The van der Waals surface area contributed by atoms with Crippen LogP contribution in [-0.4, -0.2) is 63.8 Å². The van der Waals surface area contributed by atoms with Gasteiger partial charge in [-0.05, 0) is 51.7 Å². The Morgan fingerprint density at radius 3 is 2.47 bits per heavy atom. The second-order valence-electron chi connectivity index (χ2n) is 8.37. The van der Waals surface area contributed by atoms with Crippen molar-refractivity contribution in [2.24, 2.45) is 0 Å². The molecule has 0 bridgehead atoms. The number of benzene rings is 2. The standard InChI is InChI=1S/C26H35N3O4S/c1-6-7-8-15-33-20-12-9-11-19(16-20)25(30)29(14-10-13-28(2)3)26-27-21-17-22(31-4)23(32-5)18-24(21)34-26/h9,11-12,16-18H,6-8,10,13-15H2,1-5H3. The molecule has 0 unspecified atom stereocenters. The lowest BCUT2D eigenvalue weighted by Gasteiger charge is -2.21. The van der Waals surface area contributed by atoms with E-state index in [1.54, 1.807) is 19.1 Å². The van der Waals surface area contributed by atoms with Gasteiger partial charge in [-0.1, -0.05) is 37.2 Å². The first-order chi connectivity index (χ1) is 16.5. The van der Waals surface area contributed by atoms with Crippen LogP contribution in [0.15, 0.2) is 36.4 Å². The molecule has 1 aromatic heterocycles. The van der Waals surface area contributed by atoms with Gasteiger partial charge < -0.3 is 19.1 Å². The van der Waals surface area contributed by atoms with Crippen LogP contribution in [0.25, 0.3) is 10.2 Å². The van der Waals surface area contributed by atoms with E-state index in [9.17, 15) is 4.79 Å². The van der Waals surface area contributed by atoms with Gasteiger partial charge in [-0.3, -0.25) is 9.69 Å². The fourth-order valence-corrected chi connectivity index (χ4v) is 4.60. The number of fused-ring (bicyclic) bond motifs is 1. The summed E-state index contributed by atoms with van der Waals surface area (Å²) in [7, 11) is 7.27. The summed E-state index contributed by atoms with van der Waals surface area (Å²) in [5, 5.41) is 0.656. The SMILES string of the molecule is CCCCCOc1cccc(C(=O)N(CCCN(C)C)c2nc3cc(OC)c(OC)cc3s2)c1. The van der Waals surface area contributed by atoms with E-state index in [0.717, 1.165) is 42.4 Å². The van der Waals surface area contributed by atoms with Crippen LogP contribution in [0, 0.1) is 0 Å². The summed E-state index contributed by atoms with van der Waals surface area (Å²) in [6.07, 6.45) is 4.10. The van der Waals surface area contributed by atoms with Crippen molar-refractivity contribution in [1.82, 2.24) is 9.88 Å². The largest absolute Gasteiger partial charge is 0.494 e. The van der Waals surface area contributed by atoms with Gasteiger partial charge in [0, 0.05) is 24.2 Å². The molecule has 1 heterocycles. The van der Waals surface area contributed by atoms with Gasteiger partial charge in [0.2, 0.25) is 0 Å². The Morgan fingerprint density at radius 1 is 1.00 bits per heavy atom. The van der Waals surface area contributed by atoms with Crippen molar-refractivity contribution in [3.05, 3.63) is 42.0 Å². The summed E-state index contributed by atoms with van der Waals surface area (Å²) in [4.78, 5) is 22.3. The Kier molecular flexibility index (Phi) is 9.53. The molecule has 0 aliphatic rings. The zero-order chi connectivity index (χ0) is 24.5. The van der Waals surface area contributed by atoms with Crippen LogP contribution >= 0.6 is 11.3 Å². The number of aromatic nitrogens is 1. The quantitative estimate of drug-likeness (QED) is 0.299. The number of amides is 1. The Hall–Kier alpha value is -2.84. The maximum Gasteiger partial charge on any atom is 0.260 e. The lowest BCUT2D eigenvalue weighted by atomic mass is 10.2. The van der Waals surface area contributed by atoms with Crippen molar-refractivity contribution in [2.75, 3.05) is 52.9 Å². The Bertz CT molecular complexity index is 1040. The number of nitrogens with zero attached hydrogens (tertiary/aromatic N) is 3. The molecule has 0 radical (unpaired) electrons. The second-order valence-corrected chi connectivity index (χ2v) is 9.38. The maximum atomic E-state index is 13.6. The summed E-state index contributed by atoms with van der Waals surface area (Å²) in [6.45, 7) is 4.25. The number of carbonyl (C=O) groups is 1. The molecule has 1 amide bonds. The van der Waals surface area contributed by atoms with Crippen molar-refractivity contribution in [1.29, 1.82) is 0 Å². The zero-order valence-corrected chi connectivity index (χ0v) is 21.6. The third kappa shape index (κ3) is 6.61. The van der Waals surface area contributed by atoms with Crippen molar-refractivity contribution >= 4 is 32.6 Å². The molecule has 2 aromatic carbocycles. The van der Waals surface area contributed by atoms with E-state index in [-0.39, 0.29) is 5.91 Å². The molecule has 34 heavy (non-hydrogen) atoms. The number of rotatable bonds is 13. The van der Waals surface area contributed by atoms with Crippen LogP contribution in [-0.2, 0) is 0 Å². The average Bonchev–Trinajstić information content (AvgIpc) is 3.25. The van der Waals surface area contributed by atoms with Crippen molar-refractivity contribution < 1.29 is 19.0 Å². The molecule has 7 nitrogen and oxygen atoms in total. The number of hydrogen-bond donors (Lipinski definition) is 0. The summed E-state index contributed by atoms with van der Waals surface area (Å²) in [5.41, 5.74) is 1.36. The first-order valence-electron chi connectivity index (χ1n) is 11.7. The van der Waals surface area contributed by atoms with Crippen molar-refractivity contribution in [3.63, 3.8) is 0 Å². The first kappa shape index (κ1) is 25.8. The van der Waals surface area contributed by atoms with E-state index in [4.69, 9.17) is 19.2 Å². The molecule has 0 saturated heterocycles. The van der Waals surface area contributed by atoms with Crippen LogP contribution in [0.5, 0.6) is 17.2 Å². The molecule has 0 atom stereocenters. The number of unbranched alkanes of at least 4 members (excludes halogenated alkanes) is 2. The summed E-state index contributed by atoms with van der Waals surface area (Å²) < 4.78 is 17.7. The normalized spacial score (nSPS) is 11.1. The fourth-order valence-electron chi connectivity index (χ4n) is 3.60. The summed E-state index contributed by atoms with van der Waals surface area (Å²) in [6, 6.07) is 11.2. The van der Waals surface area contributed by atoms with Gasteiger partial charge in [-0.2, -0.15) is 0 Å². The predicted octanol–water partition coefficient (Wildman–Crippen LogP) is 5.48. The smallest absolute Gasteiger partial charge is 0.260 e. The van der Waals surface area contributed by atoms with E-state index in [0.29, 0.717) is 41.1 Å². The molecule has 0 fully saturated rings. The highest BCUT2D eigenvalue weighted by Gasteiger charge is 2.22. The van der Waals surface area contributed by atoms with Gasteiger partial charge in [-0.15, -0.1) is 0 Å². The van der Waals surface area contributed by atoms with E-state index in [2.05, 4.69) is 11.8 Å². The predicted molar refractivity (Wildman–Crippen MR) is 139 cm³/mol. The highest BCUT2D eigenvalue weighted by molar-refractivity contribution is 7.22. The Labute approximate surface area is 206 Å². The van der Waals surface area contributed by atoms with Crippen LogP contribution in [0.4, 0.5) is 5.13 Å². The van der Waals surface area contributed by atoms with E-state index < -0.39 is 0 Å². The Morgan fingerprint density at radius 2 is 1.76 bits per heavy atom. The fraction of sp³-hybridized carbons (Fsp3) is 0.462. The van der Waals surface area contributed by atoms with Crippen LogP contribution in [0.2, 0.25) is 0 Å². The highest BCUT2D eigenvalue weighted by Crippen LogP contribution is 2.37. The van der Waals surface area contributed by atoms with E-state index in [1.807, 2.05) is 50.5 Å². The molecule has 0 aliphatic carbocycles. The monoisotopic (exact) mass is 485 g/mol. The van der Waals surface area contributed by atoms with Gasteiger partial charge in [0.1, 0.15) is 5.75 Å². The van der Waals surface area contributed by atoms with Gasteiger partial charge in [0.05, 0.1) is 31.0 Å². The van der Waals surface area contributed by atoms with E-state index in [1.165, 1.54) is 11.3 Å². The molecule has 3 aromatic rings. The average molecular weight is 486 g/mol. The molecular formula is C26H35N3O4S. The lowest BCUT2D eigenvalue weighted by Crippen LogP contribution is -2.33. The number of thiazole rings is 1. The minimum atomic E-state index is -0.0873. The minimum Gasteiger partial charge on any atom is -0.494 e. The Balaban J connectivity index is 1.89. The molecule has 3 rings (SSSR count). The molecule has 8 heteroatoms. The van der Waals surface area contributed by atoms with Gasteiger partial charge in [0.15, 0.2) is 16.6 Å². The van der Waals surface area contributed by atoms with E-state index >= 15 is 0 Å². The first-order valence-corrected chi connectivity index (χ1v) is 12.5. The van der Waals surface area contributed by atoms with Crippen molar-refractivity contribution in [2.45, 2.75) is 32.6 Å². The van der Waals surface area contributed by atoms with Crippen molar-refractivity contribution in [3.8, 4) is 17.2 Å². The number of methoxy groups -OCH3 is 2. The molecular weight excluding hydrogens is 450 g/mol. The molecule has 0 saturated carbocycles. The summed E-state index contributed by atoms with van der Waals surface area (Å²) >= 11 is 1.47. The number of hydrogen-bond acceptors (Lipinski definition) is 7. The third-order valence-electron chi connectivity index (χ3n) is 5.44. The third-order valence-corrected chi connectivity index (χ3v) is 6.48. The zero-order valence-electron chi connectivity index (χ0n) is 20.8. The van der Waals surface area contributed by atoms with Gasteiger partial charge in [0.25, 0.3) is 5.91 Å². The maximum absolute atomic E-state index is 13.6. The van der Waals surface area contributed by atoms with Gasteiger partial charge in [-0.25, -0.2) is 4.98 Å². The topological polar surface area (TPSA) is 64.1 Å². The van der Waals surface area contributed by atoms with Crippen LogP contribution in [0.3, 0.4) is 0 Å².